The molecule has 3 aliphatic heterocycles. The number of nitrogens with one attached hydrogen (secondary N) is 1. The van der Waals surface area contributed by atoms with Crippen LogP contribution in [0.5, 0.6) is 0 Å². The third kappa shape index (κ3) is 4.30. The van der Waals surface area contributed by atoms with Crippen molar-refractivity contribution in [2.45, 2.75) is 50.2 Å². The lowest BCUT2D eigenvalue weighted by Gasteiger charge is -2.39. The summed E-state index contributed by atoms with van der Waals surface area (Å²) in [6, 6.07) is 3.66. The first-order valence-electron chi connectivity index (χ1n) is 10.1. The smallest absolute Gasteiger partial charge is 0.349 e. The van der Waals surface area contributed by atoms with Gasteiger partial charge in [-0.25, -0.2) is 0 Å². The van der Waals surface area contributed by atoms with Gasteiger partial charge in [-0.2, -0.15) is 13.2 Å². The fraction of sp³-hybridized carbons (Fsp3) is 0.600. The van der Waals surface area contributed by atoms with E-state index in [4.69, 9.17) is 9.47 Å². The fourth-order valence-corrected chi connectivity index (χ4v) is 4.37. The Bertz CT molecular complexity index is 798. The zero-order chi connectivity index (χ0) is 21.3. The van der Waals surface area contributed by atoms with Gasteiger partial charge < -0.3 is 14.8 Å². The van der Waals surface area contributed by atoms with Crippen LogP contribution in [0.1, 0.15) is 25.7 Å². The average Bonchev–Trinajstić information content (AvgIpc) is 3.17. The Morgan fingerprint density at radius 1 is 1.17 bits per heavy atom. The van der Waals surface area contributed by atoms with E-state index in [0.717, 1.165) is 24.2 Å². The largest absolute Gasteiger partial charge is 0.409 e. The average molecular weight is 427 g/mol. The summed E-state index contributed by atoms with van der Waals surface area (Å²) in [5, 5.41) is 2.48. The van der Waals surface area contributed by atoms with E-state index in [1.165, 1.54) is 12.1 Å². The molecular weight excluding hydrogens is 403 g/mol. The Hall–Kier alpha value is -2.17. The van der Waals surface area contributed by atoms with Gasteiger partial charge in [-0.05, 0) is 31.5 Å². The highest BCUT2D eigenvalue weighted by Crippen LogP contribution is 2.38. The summed E-state index contributed by atoms with van der Waals surface area (Å²) in [5.41, 5.74) is 0.248. The molecule has 2 unspecified atom stereocenters. The van der Waals surface area contributed by atoms with Gasteiger partial charge in [0.05, 0.1) is 43.6 Å². The number of piperidine rings is 1. The van der Waals surface area contributed by atoms with E-state index < -0.39 is 36.7 Å². The summed E-state index contributed by atoms with van der Waals surface area (Å²) in [4.78, 5) is 27.9. The van der Waals surface area contributed by atoms with Crippen molar-refractivity contribution in [3.05, 3.63) is 24.3 Å². The minimum Gasteiger partial charge on any atom is -0.349 e. The van der Waals surface area contributed by atoms with E-state index in [9.17, 15) is 22.8 Å². The molecule has 2 fully saturated rings. The molecule has 0 aliphatic carbocycles. The van der Waals surface area contributed by atoms with Crippen molar-refractivity contribution in [1.82, 2.24) is 4.90 Å². The molecule has 164 valence electrons. The van der Waals surface area contributed by atoms with Crippen LogP contribution in [0.2, 0.25) is 0 Å². The first-order chi connectivity index (χ1) is 14.3. The monoisotopic (exact) mass is 427 g/mol. The lowest BCUT2D eigenvalue weighted by molar-refractivity contribution is -0.159. The number of carbonyl (C=O) groups excluding carboxylic acids is 2. The quantitative estimate of drug-likeness (QED) is 0.803. The number of alkyl halides is 3. The summed E-state index contributed by atoms with van der Waals surface area (Å²) in [7, 11) is 0. The second kappa shape index (κ2) is 8.52. The van der Waals surface area contributed by atoms with Gasteiger partial charge in [-0.3, -0.25) is 19.4 Å². The van der Waals surface area contributed by atoms with E-state index in [2.05, 4.69) is 5.32 Å². The number of nitrogens with zero attached hydrogens (tertiary/aromatic N) is 2. The number of hydrogen-bond acceptors (Lipinski definition) is 5. The zero-order valence-corrected chi connectivity index (χ0v) is 16.4. The third-order valence-corrected chi connectivity index (χ3v) is 5.74. The van der Waals surface area contributed by atoms with Crippen LogP contribution in [0.4, 0.5) is 24.5 Å². The van der Waals surface area contributed by atoms with Crippen molar-refractivity contribution < 1.29 is 32.2 Å². The molecule has 1 aromatic carbocycles. The molecule has 0 saturated carbocycles. The first kappa shape index (κ1) is 21.1. The number of rotatable bonds is 3. The van der Waals surface area contributed by atoms with Crippen molar-refractivity contribution in [2.24, 2.45) is 0 Å². The molecule has 0 spiro atoms. The van der Waals surface area contributed by atoms with Gasteiger partial charge in [0, 0.05) is 0 Å². The number of para-hydroxylation sites is 2. The Morgan fingerprint density at radius 2 is 1.90 bits per heavy atom. The number of ether oxygens (including phenoxy) is 2. The Balaban J connectivity index is 1.63. The predicted octanol–water partition coefficient (Wildman–Crippen LogP) is 2.52. The molecule has 2 saturated heterocycles. The maximum absolute atomic E-state index is 13.9. The lowest BCUT2D eigenvalue weighted by atomic mass is 10.0. The van der Waals surface area contributed by atoms with E-state index in [1.54, 1.807) is 12.1 Å². The molecule has 2 amide bonds. The van der Waals surface area contributed by atoms with Gasteiger partial charge >= 0.3 is 6.18 Å². The fourth-order valence-electron chi connectivity index (χ4n) is 4.37. The molecule has 3 aliphatic rings. The second-order valence-electron chi connectivity index (χ2n) is 7.73. The van der Waals surface area contributed by atoms with Crippen LogP contribution in [-0.4, -0.2) is 67.6 Å². The summed E-state index contributed by atoms with van der Waals surface area (Å²) in [6.07, 6.45) is -3.54. The molecule has 7 nitrogen and oxygen atoms in total. The number of amides is 2. The van der Waals surface area contributed by atoms with Gasteiger partial charge in [0.25, 0.3) is 0 Å². The second-order valence-corrected chi connectivity index (χ2v) is 7.73. The minimum absolute atomic E-state index is 0.0533. The molecule has 2 atom stereocenters. The SMILES string of the molecule is O=C1CC(C(F)(F)F)N(C(=O)CN2CCCCC2C2OCCO2)c2ccccc2N1. The van der Waals surface area contributed by atoms with Gasteiger partial charge in [0.15, 0.2) is 6.29 Å². The number of fused-ring (bicyclic) bond motifs is 1. The van der Waals surface area contributed by atoms with Crippen LogP contribution in [0.15, 0.2) is 24.3 Å². The molecule has 0 radical (unpaired) electrons. The zero-order valence-electron chi connectivity index (χ0n) is 16.4. The molecule has 4 rings (SSSR count). The lowest BCUT2D eigenvalue weighted by Crippen LogP contribution is -2.55. The number of anilines is 2. The van der Waals surface area contributed by atoms with Gasteiger partial charge in [-0.1, -0.05) is 18.6 Å². The number of halogens is 3. The van der Waals surface area contributed by atoms with Crippen molar-refractivity contribution >= 4 is 23.2 Å². The molecule has 1 aromatic rings. The van der Waals surface area contributed by atoms with Gasteiger partial charge in [0.2, 0.25) is 11.8 Å². The van der Waals surface area contributed by atoms with Crippen LogP contribution in [0.25, 0.3) is 0 Å². The Kier molecular flexibility index (Phi) is 5.99. The van der Waals surface area contributed by atoms with E-state index in [1.807, 2.05) is 4.90 Å². The van der Waals surface area contributed by atoms with Crippen LogP contribution in [-0.2, 0) is 19.1 Å². The minimum atomic E-state index is -4.75. The molecule has 1 N–H and O–H groups in total. The Labute approximate surface area is 172 Å². The van der Waals surface area contributed by atoms with Crippen LogP contribution >= 0.6 is 0 Å². The van der Waals surface area contributed by atoms with Gasteiger partial charge in [0.1, 0.15) is 6.04 Å². The van der Waals surface area contributed by atoms with Gasteiger partial charge in [-0.15, -0.1) is 0 Å². The summed E-state index contributed by atoms with van der Waals surface area (Å²) >= 11 is 0. The van der Waals surface area contributed by atoms with E-state index >= 15 is 0 Å². The maximum atomic E-state index is 13.9. The third-order valence-electron chi connectivity index (χ3n) is 5.74. The normalized spacial score (nSPS) is 26.2. The summed E-state index contributed by atoms with van der Waals surface area (Å²) < 4.78 is 52.8. The van der Waals surface area contributed by atoms with Crippen molar-refractivity contribution in [3.63, 3.8) is 0 Å². The summed E-state index contributed by atoms with van der Waals surface area (Å²) in [6.45, 7) is 1.30. The summed E-state index contributed by atoms with van der Waals surface area (Å²) in [5.74, 6) is -1.48. The van der Waals surface area contributed by atoms with Crippen molar-refractivity contribution in [1.29, 1.82) is 0 Å². The van der Waals surface area contributed by atoms with Crippen molar-refractivity contribution in [2.75, 3.05) is 36.5 Å². The first-order valence-corrected chi connectivity index (χ1v) is 10.1. The van der Waals surface area contributed by atoms with E-state index in [0.29, 0.717) is 19.8 Å². The Morgan fingerprint density at radius 3 is 2.63 bits per heavy atom. The van der Waals surface area contributed by atoms with Crippen molar-refractivity contribution in [3.8, 4) is 0 Å². The standard InChI is InChI=1S/C20H24F3N3O4/c21-20(22,23)16-11-17(27)24-13-5-1-2-6-14(13)26(16)18(28)12-25-8-4-3-7-15(25)19-29-9-10-30-19/h1-2,5-6,15-16,19H,3-4,7-12H2,(H,24,27). The molecule has 0 aromatic heterocycles. The molecule has 10 heteroatoms. The number of carbonyl (C=O) groups is 2. The van der Waals surface area contributed by atoms with Crippen LogP contribution in [0, 0.1) is 0 Å². The molecular formula is C20H24F3N3O4. The van der Waals surface area contributed by atoms with Crippen LogP contribution in [0.3, 0.4) is 0 Å². The maximum Gasteiger partial charge on any atom is 0.409 e. The number of benzene rings is 1. The molecule has 30 heavy (non-hydrogen) atoms. The van der Waals surface area contributed by atoms with Crippen LogP contribution < -0.4 is 10.2 Å². The molecule has 3 heterocycles. The number of hydrogen-bond donors (Lipinski definition) is 1. The topological polar surface area (TPSA) is 71.1 Å². The highest BCUT2D eigenvalue weighted by molar-refractivity contribution is 6.05. The highest BCUT2D eigenvalue weighted by atomic mass is 19.4. The highest BCUT2D eigenvalue weighted by Gasteiger charge is 2.49. The predicted molar refractivity (Wildman–Crippen MR) is 102 cm³/mol. The molecule has 0 bridgehead atoms. The van der Waals surface area contributed by atoms with E-state index in [-0.39, 0.29) is 24.0 Å². The number of likely N-dealkylation sites (tertiary alicyclic amines) is 1.